The third-order valence-electron chi connectivity index (χ3n) is 2.83. The number of hydrogen-bond acceptors (Lipinski definition) is 4. The smallest absolute Gasteiger partial charge is 0.305 e. The van der Waals surface area contributed by atoms with Gasteiger partial charge in [0.05, 0.1) is 26.3 Å². The van der Waals surface area contributed by atoms with E-state index in [2.05, 4.69) is 0 Å². The average Bonchev–Trinajstić information content (AvgIpc) is 2.46. The Hall–Kier alpha value is -2.24. The second-order valence-corrected chi connectivity index (χ2v) is 4.08. The number of carboxylic acid groups (broad SMARTS) is 1. The number of carbonyl (C=O) groups is 2. The van der Waals surface area contributed by atoms with E-state index in [0.717, 1.165) is 0 Å². The highest BCUT2D eigenvalue weighted by Crippen LogP contribution is 2.32. The molecule has 20 heavy (non-hydrogen) atoms. The number of hydrogen-bond donors (Lipinski definition) is 1. The van der Waals surface area contributed by atoms with E-state index in [9.17, 15) is 9.59 Å². The highest BCUT2D eigenvalue weighted by atomic mass is 16.5. The number of aliphatic carboxylic acids is 1. The molecule has 0 heterocycles. The number of ether oxygens (including phenoxy) is 2. The van der Waals surface area contributed by atoms with Crippen molar-refractivity contribution in [2.45, 2.75) is 19.8 Å². The number of carboxylic acids is 1. The normalized spacial score (nSPS) is 9.95. The highest BCUT2D eigenvalue weighted by molar-refractivity contribution is 5.95. The van der Waals surface area contributed by atoms with Gasteiger partial charge in [0, 0.05) is 19.0 Å². The van der Waals surface area contributed by atoms with E-state index in [1.807, 2.05) is 0 Å². The summed E-state index contributed by atoms with van der Waals surface area (Å²) in [5.74, 6) is -0.0541. The van der Waals surface area contributed by atoms with Crippen molar-refractivity contribution < 1.29 is 24.2 Å². The van der Waals surface area contributed by atoms with Gasteiger partial charge in [0.2, 0.25) is 5.91 Å². The molecule has 0 saturated heterocycles. The summed E-state index contributed by atoms with van der Waals surface area (Å²) in [4.78, 5) is 24.2. The SMILES string of the molecule is CCC(=O)N(CCC(=O)O)c1cc(OC)ccc1OC. The molecule has 0 unspecified atom stereocenters. The number of benzene rings is 1. The number of anilines is 1. The van der Waals surface area contributed by atoms with Gasteiger partial charge >= 0.3 is 5.97 Å². The maximum Gasteiger partial charge on any atom is 0.305 e. The summed E-state index contributed by atoms with van der Waals surface area (Å²) in [6.07, 6.45) is 0.145. The van der Waals surface area contributed by atoms with E-state index < -0.39 is 5.97 Å². The molecule has 0 fully saturated rings. The van der Waals surface area contributed by atoms with E-state index in [1.54, 1.807) is 25.1 Å². The van der Waals surface area contributed by atoms with Crippen LogP contribution in [-0.2, 0) is 9.59 Å². The lowest BCUT2D eigenvalue weighted by molar-refractivity contribution is -0.136. The summed E-state index contributed by atoms with van der Waals surface area (Å²) in [7, 11) is 3.02. The molecule has 0 saturated carbocycles. The van der Waals surface area contributed by atoms with Gasteiger partial charge in [-0.3, -0.25) is 9.59 Å². The first-order valence-electron chi connectivity index (χ1n) is 6.27. The lowest BCUT2D eigenvalue weighted by atomic mass is 10.2. The van der Waals surface area contributed by atoms with Crippen molar-refractivity contribution in [2.24, 2.45) is 0 Å². The van der Waals surface area contributed by atoms with Crippen molar-refractivity contribution in [1.29, 1.82) is 0 Å². The van der Waals surface area contributed by atoms with E-state index in [0.29, 0.717) is 17.2 Å². The van der Waals surface area contributed by atoms with Gasteiger partial charge in [0.25, 0.3) is 0 Å². The predicted octanol–water partition coefficient (Wildman–Crippen LogP) is 1.92. The number of nitrogens with zero attached hydrogens (tertiary/aromatic N) is 1. The minimum atomic E-state index is -0.958. The molecular formula is C14H19NO5. The Bertz CT molecular complexity index is 486. The molecular weight excluding hydrogens is 262 g/mol. The zero-order valence-electron chi connectivity index (χ0n) is 11.9. The minimum Gasteiger partial charge on any atom is -0.497 e. The van der Waals surface area contributed by atoms with Crippen LogP contribution in [-0.4, -0.2) is 37.7 Å². The molecule has 1 aromatic carbocycles. The largest absolute Gasteiger partial charge is 0.497 e. The van der Waals surface area contributed by atoms with E-state index in [1.165, 1.54) is 19.1 Å². The molecule has 6 nitrogen and oxygen atoms in total. The van der Waals surface area contributed by atoms with Crippen LogP contribution in [0.2, 0.25) is 0 Å². The number of rotatable bonds is 7. The third kappa shape index (κ3) is 3.88. The number of amides is 1. The molecule has 1 rings (SSSR count). The summed E-state index contributed by atoms with van der Waals surface area (Å²) in [5.41, 5.74) is 0.514. The van der Waals surface area contributed by atoms with Crippen LogP contribution < -0.4 is 14.4 Å². The van der Waals surface area contributed by atoms with Crippen molar-refractivity contribution in [3.8, 4) is 11.5 Å². The zero-order valence-corrected chi connectivity index (χ0v) is 11.9. The quantitative estimate of drug-likeness (QED) is 0.826. The molecule has 110 valence electrons. The molecule has 1 N–H and O–H groups in total. The maximum atomic E-state index is 12.0. The van der Waals surface area contributed by atoms with Gasteiger partial charge in [-0.1, -0.05) is 6.92 Å². The Labute approximate surface area is 117 Å². The topological polar surface area (TPSA) is 76.1 Å². The minimum absolute atomic E-state index is 0.0888. The van der Waals surface area contributed by atoms with Crippen LogP contribution in [0.4, 0.5) is 5.69 Å². The lowest BCUT2D eigenvalue weighted by Crippen LogP contribution is -2.32. The molecule has 0 aliphatic carbocycles. The second-order valence-electron chi connectivity index (χ2n) is 4.08. The first-order chi connectivity index (χ1) is 9.53. The number of methoxy groups -OCH3 is 2. The van der Waals surface area contributed by atoms with E-state index >= 15 is 0 Å². The van der Waals surface area contributed by atoms with E-state index in [4.69, 9.17) is 14.6 Å². The van der Waals surface area contributed by atoms with Gasteiger partial charge in [-0.15, -0.1) is 0 Å². The molecule has 0 aliphatic rings. The highest BCUT2D eigenvalue weighted by Gasteiger charge is 2.19. The summed E-state index contributed by atoms with van der Waals surface area (Å²) in [6, 6.07) is 5.06. The second kappa shape index (κ2) is 7.37. The van der Waals surface area contributed by atoms with Crippen LogP contribution in [0, 0.1) is 0 Å². The molecule has 0 aromatic heterocycles. The van der Waals surface area contributed by atoms with Gasteiger partial charge in [-0.2, -0.15) is 0 Å². The van der Waals surface area contributed by atoms with Gasteiger partial charge in [0.1, 0.15) is 11.5 Å². The summed E-state index contributed by atoms with van der Waals surface area (Å²) < 4.78 is 10.4. The zero-order chi connectivity index (χ0) is 15.1. The molecule has 0 aliphatic heterocycles. The first-order valence-corrected chi connectivity index (χ1v) is 6.27. The Balaban J connectivity index is 3.16. The molecule has 0 bridgehead atoms. The Morgan fingerprint density at radius 2 is 1.95 bits per heavy atom. The monoisotopic (exact) mass is 281 g/mol. The van der Waals surface area contributed by atoms with Crippen molar-refractivity contribution in [2.75, 3.05) is 25.7 Å². The molecule has 0 radical (unpaired) electrons. The molecule has 1 amide bonds. The Morgan fingerprint density at radius 1 is 1.25 bits per heavy atom. The molecule has 0 atom stereocenters. The summed E-state index contributed by atoms with van der Waals surface area (Å²) in [6.45, 7) is 1.81. The van der Waals surface area contributed by atoms with Crippen LogP contribution in [0.25, 0.3) is 0 Å². The van der Waals surface area contributed by atoms with Gasteiger partial charge in [-0.25, -0.2) is 0 Å². The Morgan fingerprint density at radius 3 is 2.45 bits per heavy atom. The fraction of sp³-hybridized carbons (Fsp3) is 0.429. The average molecular weight is 281 g/mol. The van der Waals surface area contributed by atoms with Gasteiger partial charge < -0.3 is 19.5 Å². The van der Waals surface area contributed by atoms with Crippen LogP contribution in [0.5, 0.6) is 11.5 Å². The third-order valence-corrected chi connectivity index (χ3v) is 2.83. The van der Waals surface area contributed by atoms with Gasteiger partial charge in [0.15, 0.2) is 0 Å². The molecule has 6 heteroatoms. The maximum absolute atomic E-state index is 12.0. The van der Waals surface area contributed by atoms with Crippen LogP contribution in [0.15, 0.2) is 18.2 Å². The first kappa shape index (κ1) is 15.8. The number of carbonyl (C=O) groups excluding carboxylic acids is 1. The standard InChI is InChI=1S/C14H19NO5/c1-4-13(16)15(8-7-14(17)18)11-9-10(19-2)5-6-12(11)20-3/h5-6,9H,4,7-8H2,1-3H3,(H,17,18). The van der Waals surface area contributed by atoms with Crippen molar-refractivity contribution in [3.05, 3.63) is 18.2 Å². The fourth-order valence-corrected chi connectivity index (χ4v) is 1.79. The van der Waals surface area contributed by atoms with Crippen molar-refractivity contribution in [3.63, 3.8) is 0 Å². The van der Waals surface area contributed by atoms with Crippen molar-refractivity contribution in [1.82, 2.24) is 0 Å². The fourth-order valence-electron chi connectivity index (χ4n) is 1.79. The van der Waals surface area contributed by atoms with Crippen LogP contribution in [0.3, 0.4) is 0 Å². The molecule has 0 spiro atoms. The van der Waals surface area contributed by atoms with Gasteiger partial charge in [-0.05, 0) is 12.1 Å². The van der Waals surface area contributed by atoms with Crippen LogP contribution >= 0.6 is 0 Å². The van der Waals surface area contributed by atoms with E-state index in [-0.39, 0.29) is 25.3 Å². The summed E-state index contributed by atoms with van der Waals surface area (Å²) >= 11 is 0. The Kier molecular flexibility index (Phi) is 5.83. The van der Waals surface area contributed by atoms with Crippen LogP contribution in [0.1, 0.15) is 19.8 Å². The lowest BCUT2D eigenvalue weighted by Gasteiger charge is -2.24. The van der Waals surface area contributed by atoms with Crippen molar-refractivity contribution >= 4 is 17.6 Å². The molecule has 1 aromatic rings. The predicted molar refractivity (Wildman–Crippen MR) is 74.4 cm³/mol. The summed E-state index contributed by atoms with van der Waals surface area (Å²) in [5, 5.41) is 8.80.